The van der Waals surface area contributed by atoms with Gasteiger partial charge in [-0.25, -0.2) is 4.79 Å². The van der Waals surface area contributed by atoms with Crippen LogP contribution in [-0.2, 0) is 6.42 Å². The number of benzene rings is 1. The molecule has 0 saturated heterocycles. The van der Waals surface area contributed by atoms with Crippen LogP contribution in [0.2, 0.25) is 0 Å². The zero-order valence-electron chi connectivity index (χ0n) is 11.2. The molecule has 1 heterocycles. The average molecular weight is 264 g/mol. The minimum Gasteiger partial charge on any atom is -0.333 e. The van der Waals surface area contributed by atoms with E-state index < -0.39 is 0 Å². The highest BCUT2D eigenvalue weighted by Gasteiger charge is 2.15. The fraction of sp³-hybridized carbons (Fsp3) is 0.500. The summed E-state index contributed by atoms with van der Waals surface area (Å²) in [6, 6.07) is 6.01. The third-order valence-electron chi connectivity index (χ3n) is 2.65. The lowest BCUT2D eigenvalue weighted by atomic mass is 10.1. The molecule has 0 atom stereocenters. The number of hydrogen-bond donors (Lipinski definition) is 2. The number of aryl methyl sites for hydroxylation is 1. The molecule has 0 bridgehead atoms. The molecule has 18 heavy (non-hydrogen) atoms. The number of anilines is 1. The summed E-state index contributed by atoms with van der Waals surface area (Å²) >= 11 is 1.90. The van der Waals surface area contributed by atoms with Crippen LogP contribution in [0.15, 0.2) is 23.1 Å². The summed E-state index contributed by atoms with van der Waals surface area (Å²) in [6.45, 7) is 5.90. The normalized spacial score (nSPS) is 14.8. The molecular formula is C14H20N2OS. The van der Waals surface area contributed by atoms with Crippen molar-refractivity contribution >= 4 is 23.5 Å². The molecule has 1 aliphatic heterocycles. The van der Waals surface area contributed by atoms with E-state index in [-0.39, 0.29) is 11.6 Å². The number of carbonyl (C=O) groups is 1. The quantitative estimate of drug-likeness (QED) is 0.813. The van der Waals surface area contributed by atoms with Gasteiger partial charge in [-0.1, -0.05) is 0 Å². The van der Waals surface area contributed by atoms with E-state index in [0.717, 1.165) is 12.1 Å². The Kier molecular flexibility index (Phi) is 3.85. The molecule has 1 aromatic rings. The number of thioether (sulfide) groups is 1. The van der Waals surface area contributed by atoms with Crippen molar-refractivity contribution in [1.82, 2.24) is 5.32 Å². The number of hydrogen-bond acceptors (Lipinski definition) is 2. The predicted molar refractivity (Wildman–Crippen MR) is 77.4 cm³/mol. The van der Waals surface area contributed by atoms with Gasteiger partial charge in [0.15, 0.2) is 0 Å². The van der Waals surface area contributed by atoms with Crippen molar-refractivity contribution in [3.05, 3.63) is 23.8 Å². The molecule has 98 valence electrons. The van der Waals surface area contributed by atoms with Crippen LogP contribution in [0.5, 0.6) is 0 Å². The van der Waals surface area contributed by atoms with Crippen LogP contribution < -0.4 is 10.6 Å². The van der Waals surface area contributed by atoms with Crippen molar-refractivity contribution in [2.24, 2.45) is 0 Å². The van der Waals surface area contributed by atoms with E-state index in [1.54, 1.807) is 0 Å². The van der Waals surface area contributed by atoms with Crippen molar-refractivity contribution in [2.75, 3.05) is 11.1 Å². The van der Waals surface area contributed by atoms with E-state index in [2.05, 4.69) is 22.8 Å². The number of amides is 2. The number of nitrogens with one attached hydrogen (secondary N) is 2. The Morgan fingerprint density at radius 2 is 2.11 bits per heavy atom. The highest BCUT2D eigenvalue weighted by Crippen LogP contribution is 2.31. The first-order valence-corrected chi connectivity index (χ1v) is 7.27. The van der Waals surface area contributed by atoms with Gasteiger partial charge in [0.1, 0.15) is 0 Å². The maximum Gasteiger partial charge on any atom is 0.319 e. The second kappa shape index (κ2) is 5.22. The molecule has 1 aliphatic rings. The van der Waals surface area contributed by atoms with E-state index in [9.17, 15) is 4.79 Å². The predicted octanol–water partition coefficient (Wildman–Crippen LogP) is 3.64. The summed E-state index contributed by atoms with van der Waals surface area (Å²) in [4.78, 5) is 13.1. The van der Waals surface area contributed by atoms with Gasteiger partial charge in [0.25, 0.3) is 0 Å². The maximum atomic E-state index is 11.8. The topological polar surface area (TPSA) is 41.1 Å². The van der Waals surface area contributed by atoms with Gasteiger partial charge in [-0.2, -0.15) is 0 Å². The molecule has 0 unspecified atom stereocenters. The molecular weight excluding hydrogens is 244 g/mol. The fourth-order valence-corrected chi connectivity index (χ4v) is 2.96. The first kappa shape index (κ1) is 13.3. The molecule has 4 heteroatoms. The minimum absolute atomic E-state index is 0.147. The number of urea groups is 1. The molecule has 2 N–H and O–H groups in total. The van der Waals surface area contributed by atoms with Crippen LogP contribution in [0.1, 0.15) is 32.8 Å². The van der Waals surface area contributed by atoms with E-state index in [4.69, 9.17) is 0 Å². The monoisotopic (exact) mass is 264 g/mol. The van der Waals surface area contributed by atoms with Gasteiger partial charge in [0.2, 0.25) is 0 Å². The van der Waals surface area contributed by atoms with Crippen molar-refractivity contribution in [3.63, 3.8) is 0 Å². The Morgan fingerprint density at radius 1 is 1.33 bits per heavy atom. The second-order valence-corrected chi connectivity index (χ2v) is 6.74. The van der Waals surface area contributed by atoms with E-state index in [0.29, 0.717) is 0 Å². The van der Waals surface area contributed by atoms with Crippen LogP contribution >= 0.6 is 11.8 Å². The molecule has 2 amide bonds. The lowest BCUT2D eigenvalue weighted by molar-refractivity contribution is 0.244. The molecule has 0 radical (unpaired) electrons. The summed E-state index contributed by atoms with van der Waals surface area (Å²) in [7, 11) is 0. The molecule has 0 fully saturated rings. The second-order valence-electron chi connectivity index (χ2n) is 5.60. The Bertz CT molecular complexity index is 452. The van der Waals surface area contributed by atoms with Crippen LogP contribution in [-0.4, -0.2) is 17.3 Å². The van der Waals surface area contributed by atoms with Crippen molar-refractivity contribution < 1.29 is 4.79 Å². The number of carbonyl (C=O) groups excluding carboxylic acids is 1. The Hall–Kier alpha value is -1.16. The number of rotatable bonds is 1. The first-order valence-electron chi connectivity index (χ1n) is 6.29. The largest absolute Gasteiger partial charge is 0.333 e. The SMILES string of the molecule is CC(C)(C)NC(=O)Nc1ccc2c(c1)CCCS2. The van der Waals surface area contributed by atoms with Crippen LogP contribution in [0.25, 0.3) is 0 Å². The lowest BCUT2D eigenvalue weighted by Crippen LogP contribution is -2.43. The molecule has 2 rings (SSSR count). The molecule has 3 nitrogen and oxygen atoms in total. The molecule has 1 aromatic carbocycles. The third kappa shape index (κ3) is 3.67. The molecule has 0 spiro atoms. The molecule has 0 aliphatic carbocycles. The third-order valence-corrected chi connectivity index (χ3v) is 3.86. The fourth-order valence-electron chi connectivity index (χ4n) is 1.94. The summed E-state index contributed by atoms with van der Waals surface area (Å²) < 4.78 is 0. The van der Waals surface area contributed by atoms with E-state index in [1.165, 1.54) is 22.6 Å². The van der Waals surface area contributed by atoms with E-state index >= 15 is 0 Å². The smallest absolute Gasteiger partial charge is 0.319 e. The van der Waals surface area contributed by atoms with Crippen molar-refractivity contribution in [3.8, 4) is 0 Å². The van der Waals surface area contributed by atoms with Gasteiger partial charge >= 0.3 is 6.03 Å². The highest BCUT2D eigenvalue weighted by atomic mass is 32.2. The Labute approximate surface area is 113 Å². The van der Waals surface area contributed by atoms with Gasteiger partial charge in [0, 0.05) is 16.1 Å². The van der Waals surface area contributed by atoms with Crippen LogP contribution in [0.4, 0.5) is 10.5 Å². The maximum absolute atomic E-state index is 11.8. The van der Waals surface area contributed by atoms with Crippen LogP contribution in [0, 0.1) is 0 Å². The molecule has 0 aromatic heterocycles. The zero-order chi connectivity index (χ0) is 13.2. The van der Waals surface area contributed by atoms with E-state index in [1.807, 2.05) is 38.6 Å². The Balaban J connectivity index is 2.04. The van der Waals surface area contributed by atoms with Gasteiger partial charge in [-0.3, -0.25) is 0 Å². The minimum atomic E-state index is -0.214. The van der Waals surface area contributed by atoms with Gasteiger partial charge in [-0.05, 0) is 63.1 Å². The van der Waals surface area contributed by atoms with Gasteiger partial charge in [0.05, 0.1) is 0 Å². The summed E-state index contributed by atoms with van der Waals surface area (Å²) in [5.74, 6) is 1.20. The van der Waals surface area contributed by atoms with Crippen molar-refractivity contribution in [1.29, 1.82) is 0 Å². The first-order chi connectivity index (χ1) is 8.44. The van der Waals surface area contributed by atoms with Crippen molar-refractivity contribution in [2.45, 2.75) is 44.0 Å². The molecule has 0 saturated carbocycles. The standard InChI is InChI=1S/C14H20N2OS/c1-14(2,3)16-13(17)15-11-6-7-12-10(9-11)5-4-8-18-12/h6-7,9H,4-5,8H2,1-3H3,(H2,15,16,17). The van der Waals surface area contributed by atoms with Gasteiger partial charge < -0.3 is 10.6 Å². The highest BCUT2D eigenvalue weighted by molar-refractivity contribution is 7.99. The summed E-state index contributed by atoms with van der Waals surface area (Å²) in [5.41, 5.74) is 2.01. The zero-order valence-corrected chi connectivity index (χ0v) is 12.0. The van der Waals surface area contributed by atoms with Gasteiger partial charge in [-0.15, -0.1) is 11.8 Å². The van der Waals surface area contributed by atoms with Crippen LogP contribution in [0.3, 0.4) is 0 Å². The summed E-state index contributed by atoms with van der Waals surface area (Å²) in [5, 5.41) is 5.78. The number of fused-ring (bicyclic) bond motifs is 1. The summed E-state index contributed by atoms with van der Waals surface area (Å²) in [6.07, 6.45) is 2.33. The lowest BCUT2D eigenvalue weighted by Gasteiger charge is -2.21. The Morgan fingerprint density at radius 3 is 2.83 bits per heavy atom. The average Bonchev–Trinajstić information content (AvgIpc) is 2.26.